The van der Waals surface area contributed by atoms with Crippen LogP contribution in [0.4, 0.5) is 10.1 Å². The quantitative estimate of drug-likeness (QED) is 0.437. The lowest BCUT2D eigenvalue weighted by Crippen LogP contribution is -2.48. The molecule has 0 N–H and O–H groups in total. The number of piperidine rings is 1. The first-order chi connectivity index (χ1) is 18.3. The van der Waals surface area contributed by atoms with Crippen molar-refractivity contribution >= 4 is 21.7 Å². The van der Waals surface area contributed by atoms with Crippen LogP contribution in [0.2, 0.25) is 0 Å². The monoisotopic (exact) mass is 541 g/mol. The largest absolute Gasteiger partial charge is 0.467 e. The lowest BCUT2D eigenvalue weighted by atomic mass is 9.96. The Labute approximate surface area is 222 Å². The number of carbonyl (C=O) groups is 1. The van der Waals surface area contributed by atoms with Crippen LogP contribution in [0.1, 0.15) is 55.0 Å². The number of methoxy groups -OCH3 is 1. The highest BCUT2D eigenvalue weighted by Crippen LogP contribution is 2.39. The van der Waals surface area contributed by atoms with E-state index in [1.165, 1.54) is 17.5 Å². The number of ether oxygens (including phenoxy) is 1. The Balaban J connectivity index is 1.37. The fourth-order valence-corrected chi connectivity index (χ4v) is 7.83. The van der Waals surface area contributed by atoms with Gasteiger partial charge in [-0.15, -0.1) is 10.2 Å². The second kappa shape index (κ2) is 10.8. The number of hydrogen-bond acceptors (Lipinski definition) is 7. The zero-order valence-electron chi connectivity index (χ0n) is 21.5. The number of carbonyl (C=O) groups excluding carboxylic acids is 1. The van der Waals surface area contributed by atoms with Gasteiger partial charge in [0.2, 0.25) is 10.0 Å². The molecule has 0 radical (unpaired) electrons. The van der Waals surface area contributed by atoms with Gasteiger partial charge in [0.25, 0.3) is 0 Å². The van der Waals surface area contributed by atoms with E-state index in [0.29, 0.717) is 37.1 Å². The highest BCUT2D eigenvalue weighted by molar-refractivity contribution is 7.89. The average Bonchev–Trinajstić information content (AvgIpc) is 3.46. The van der Waals surface area contributed by atoms with E-state index >= 15 is 4.39 Å². The van der Waals surface area contributed by atoms with Gasteiger partial charge in [0.15, 0.2) is 0 Å². The van der Waals surface area contributed by atoms with Crippen LogP contribution >= 0.6 is 0 Å². The fourth-order valence-electron chi connectivity index (χ4n) is 5.65. The molecule has 0 bridgehead atoms. The van der Waals surface area contributed by atoms with Gasteiger partial charge < -0.3 is 14.2 Å². The topological polar surface area (TPSA) is 97.6 Å². The van der Waals surface area contributed by atoms with E-state index in [0.717, 1.165) is 12.0 Å². The standard InChI is InChI=1S/C27H32FN5O4S/c1-19-8-11-26(20-6-4-3-5-7-20)38(35,36)33(19)16-21-9-10-23(14-24(21)28)32-13-12-22(31-17-29-30-18-31)15-25(32)27(34)37-2/h3-7,9-10,14,17-19,22,25-26H,8,11-13,15-16H2,1-2H3/t19-,22-,25?,26?/m0/s1. The molecular weight excluding hydrogens is 509 g/mol. The van der Waals surface area contributed by atoms with Gasteiger partial charge in [0, 0.05) is 36.4 Å². The zero-order chi connectivity index (χ0) is 26.9. The summed E-state index contributed by atoms with van der Waals surface area (Å²) in [4.78, 5) is 14.5. The lowest BCUT2D eigenvalue weighted by molar-refractivity contribution is -0.143. The minimum Gasteiger partial charge on any atom is -0.467 e. The van der Waals surface area contributed by atoms with Crippen LogP contribution < -0.4 is 4.90 Å². The first-order valence-electron chi connectivity index (χ1n) is 12.8. The summed E-state index contributed by atoms with van der Waals surface area (Å²) in [7, 11) is -2.34. The lowest BCUT2D eigenvalue weighted by Gasteiger charge is -2.40. The summed E-state index contributed by atoms with van der Waals surface area (Å²) in [5.74, 6) is -0.899. The molecule has 2 unspecified atom stereocenters. The van der Waals surface area contributed by atoms with Crippen LogP contribution in [0.15, 0.2) is 61.2 Å². The molecule has 0 saturated carbocycles. The van der Waals surface area contributed by atoms with Crippen molar-refractivity contribution in [1.29, 1.82) is 0 Å². The maximum Gasteiger partial charge on any atom is 0.328 e. The summed E-state index contributed by atoms with van der Waals surface area (Å²) >= 11 is 0. The van der Waals surface area contributed by atoms with Crippen molar-refractivity contribution in [2.45, 2.75) is 62.5 Å². The van der Waals surface area contributed by atoms with Crippen LogP contribution in [-0.2, 0) is 26.1 Å². The van der Waals surface area contributed by atoms with Crippen LogP contribution in [0.25, 0.3) is 0 Å². The first kappa shape index (κ1) is 26.3. The third-order valence-corrected chi connectivity index (χ3v) is 10.2. The first-order valence-corrected chi connectivity index (χ1v) is 14.3. The van der Waals surface area contributed by atoms with Crippen molar-refractivity contribution < 1.29 is 22.3 Å². The number of rotatable bonds is 6. The van der Waals surface area contributed by atoms with Crippen molar-refractivity contribution in [3.8, 4) is 0 Å². The summed E-state index contributed by atoms with van der Waals surface area (Å²) < 4.78 is 51.0. The number of sulfonamides is 1. The maximum absolute atomic E-state index is 15.5. The summed E-state index contributed by atoms with van der Waals surface area (Å²) in [6, 6.07) is 13.1. The number of hydrogen-bond donors (Lipinski definition) is 0. The van der Waals surface area contributed by atoms with Gasteiger partial charge >= 0.3 is 5.97 Å². The molecule has 1 aromatic heterocycles. The second-order valence-electron chi connectivity index (χ2n) is 10.0. The molecule has 4 atom stereocenters. The van der Waals surface area contributed by atoms with Gasteiger partial charge in [0.05, 0.1) is 7.11 Å². The van der Waals surface area contributed by atoms with Crippen LogP contribution in [0.3, 0.4) is 0 Å². The van der Waals surface area contributed by atoms with Crippen LogP contribution in [0, 0.1) is 5.82 Å². The van der Waals surface area contributed by atoms with Crippen molar-refractivity contribution in [3.63, 3.8) is 0 Å². The third-order valence-electron chi connectivity index (χ3n) is 7.80. The second-order valence-corrected chi connectivity index (χ2v) is 12.1. The average molecular weight is 542 g/mol. The molecule has 11 heteroatoms. The molecule has 5 rings (SSSR count). The molecule has 2 aliphatic rings. The molecule has 2 aliphatic heterocycles. The molecular formula is C27H32FN5O4S. The molecule has 0 spiro atoms. The Morgan fingerprint density at radius 3 is 2.50 bits per heavy atom. The Hall–Kier alpha value is -3.31. The molecule has 2 saturated heterocycles. The van der Waals surface area contributed by atoms with Gasteiger partial charge in [-0.1, -0.05) is 36.4 Å². The normalized spacial score (nSPS) is 25.7. The maximum atomic E-state index is 15.5. The molecule has 2 fully saturated rings. The summed E-state index contributed by atoms with van der Waals surface area (Å²) in [5, 5.41) is 7.07. The number of halogens is 1. The summed E-state index contributed by atoms with van der Waals surface area (Å²) in [6.07, 6.45) is 5.67. The molecule has 3 heterocycles. The number of nitrogens with zero attached hydrogens (tertiary/aromatic N) is 5. The van der Waals surface area contributed by atoms with E-state index in [4.69, 9.17) is 4.74 Å². The van der Waals surface area contributed by atoms with Gasteiger partial charge in [-0.3, -0.25) is 0 Å². The van der Waals surface area contributed by atoms with E-state index < -0.39 is 33.1 Å². The summed E-state index contributed by atoms with van der Waals surface area (Å²) in [6.45, 7) is 2.33. The van der Waals surface area contributed by atoms with E-state index in [9.17, 15) is 13.2 Å². The van der Waals surface area contributed by atoms with Crippen molar-refractivity contribution in [1.82, 2.24) is 19.1 Å². The van der Waals surface area contributed by atoms with E-state index in [1.807, 2.05) is 46.7 Å². The van der Waals surface area contributed by atoms with E-state index in [-0.39, 0.29) is 18.6 Å². The van der Waals surface area contributed by atoms with Gasteiger partial charge in [-0.05, 0) is 50.3 Å². The number of anilines is 1. The molecule has 202 valence electrons. The van der Waals surface area contributed by atoms with E-state index in [2.05, 4.69) is 10.2 Å². The van der Waals surface area contributed by atoms with Crippen LogP contribution in [0.5, 0.6) is 0 Å². The molecule has 0 amide bonds. The Morgan fingerprint density at radius 2 is 1.82 bits per heavy atom. The number of benzene rings is 2. The van der Waals surface area contributed by atoms with Gasteiger partial charge in [0.1, 0.15) is 29.8 Å². The smallest absolute Gasteiger partial charge is 0.328 e. The molecule has 3 aromatic rings. The van der Waals surface area contributed by atoms with Crippen molar-refractivity contribution in [2.75, 3.05) is 18.6 Å². The zero-order valence-corrected chi connectivity index (χ0v) is 22.3. The predicted molar refractivity (Wildman–Crippen MR) is 140 cm³/mol. The summed E-state index contributed by atoms with van der Waals surface area (Å²) in [5.41, 5.74) is 1.61. The molecule has 9 nitrogen and oxygen atoms in total. The highest BCUT2D eigenvalue weighted by atomic mass is 32.2. The minimum atomic E-state index is -3.68. The van der Waals surface area contributed by atoms with Gasteiger partial charge in [-0.25, -0.2) is 17.6 Å². The Morgan fingerprint density at radius 1 is 1.08 bits per heavy atom. The highest BCUT2D eigenvalue weighted by Gasteiger charge is 2.41. The van der Waals surface area contributed by atoms with Crippen molar-refractivity contribution in [3.05, 3.63) is 78.1 Å². The van der Waals surface area contributed by atoms with Crippen molar-refractivity contribution in [2.24, 2.45) is 0 Å². The molecule has 0 aliphatic carbocycles. The molecule has 38 heavy (non-hydrogen) atoms. The number of aromatic nitrogens is 3. The number of esters is 1. The third kappa shape index (κ3) is 5.04. The SMILES string of the molecule is COC(=O)C1C[C@@H](n2cnnc2)CCN1c1ccc(CN2[C@@H](C)CCC(c3ccccc3)S2(=O)=O)c(F)c1. The van der Waals surface area contributed by atoms with Crippen LogP contribution in [-0.4, -0.2) is 59.2 Å². The Kier molecular flexibility index (Phi) is 7.49. The van der Waals surface area contributed by atoms with E-state index in [1.54, 1.807) is 24.8 Å². The Bertz CT molecular complexity index is 1370. The molecule has 2 aromatic carbocycles. The fraction of sp³-hybridized carbons (Fsp3) is 0.444. The predicted octanol–water partition coefficient (Wildman–Crippen LogP) is 3.86. The van der Waals surface area contributed by atoms with Gasteiger partial charge in [-0.2, -0.15) is 4.31 Å². The minimum absolute atomic E-state index is 0.0258.